The molecule has 0 aliphatic rings. The van der Waals surface area contributed by atoms with E-state index in [1.807, 2.05) is 13.8 Å². The van der Waals surface area contributed by atoms with E-state index in [9.17, 15) is 13.2 Å². The Morgan fingerprint density at radius 1 is 1.35 bits per heavy atom. The molecular formula is C13H21ClN2O3S. The first kappa shape index (κ1) is 18.9. The summed E-state index contributed by atoms with van der Waals surface area (Å²) in [5, 5.41) is 2.63. The number of rotatable bonds is 5. The Balaban J connectivity index is 0.00000361. The van der Waals surface area contributed by atoms with Gasteiger partial charge in [-0.25, -0.2) is 8.42 Å². The van der Waals surface area contributed by atoms with Crippen molar-refractivity contribution >= 4 is 33.8 Å². The molecule has 7 heteroatoms. The largest absolute Gasteiger partial charge is 0.325 e. The summed E-state index contributed by atoms with van der Waals surface area (Å²) in [6.07, 6.45) is 1.70. The van der Waals surface area contributed by atoms with Crippen LogP contribution < -0.4 is 11.1 Å². The highest BCUT2D eigenvalue weighted by molar-refractivity contribution is 7.90. The third kappa shape index (κ3) is 5.90. The summed E-state index contributed by atoms with van der Waals surface area (Å²) < 4.78 is 22.8. The fraction of sp³-hybridized carbons (Fsp3) is 0.462. The number of amides is 1. The van der Waals surface area contributed by atoms with Crippen molar-refractivity contribution < 1.29 is 13.2 Å². The molecule has 0 aliphatic heterocycles. The molecule has 0 radical (unpaired) electrons. The quantitative estimate of drug-likeness (QED) is 0.866. The van der Waals surface area contributed by atoms with Gasteiger partial charge in [-0.05, 0) is 30.5 Å². The first-order valence-corrected chi connectivity index (χ1v) is 7.96. The van der Waals surface area contributed by atoms with E-state index in [-0.39, 0.29) is 23.2 Å². The zero-order valence-corrected chi connectivity index (χ0v) is 13.4. The van der Waals surface area contributed by atoms with Gasteiger partial charge in [0.1, 0.15) is 0 Å². The van der Waals surface area contributed by atoms with E-state index >= 15 is 0 Å². The SMILES string of the molecule is CC(C)C[C@H](N)C(=O)Nc1cccc(S(C)(=O)=O)c1.Cl. The second-order valence-corrected chi connectivity index (χ2v) is 7.04. The van der Waals surface area contributed by atoms with Gasteiger partial charge in [0.2, 0.25) is 5.91 Å². The Labute approximate surface area is 126 Å². The van der Waals surface area contributed by atoms with E-state index in [2.05, 4.69) is 5.32 Å². The van der Waals surface area contributed by atoms with Gasteiger partial charge in [-0.2, -0.15) is 0 Å². The van der Waals surface area contributed by atoms with Crippen LogP contribution >= 0.6 is 12.4 Å². The van der Waals surface area contributed by atoms with Crippen LogP contribution in [0.5, 0.6) is 0 Å². The monoisotopic (exact) mass is 320 g/mol. The van der Waals surface area contributed by atoms with Gasteiger partial charge in [-0.15, -0.1) is 12.4 Å². The summed E-state index contributed by atoms with van der Waals surface area (Å²) in [6, 6.07) is 5.53. The zero-order valence-electron chi connectivity index (χ0n) is 11.8. The summed E-state index contributed by atoms with van der Waals surface area (Å²) in [6.45, 7) is 3.97. The number of halogens is 1. The first-order chi connectivity index (χ1) is 8.70. The molecule has 1 atom stereocenters. The minimum absolute atomic E-state index is 0. The van der Waals surface area contributed by atoms with Gasteiger partial charge in [0, 0.05) is 11.9 Å². The predicted molar refractivity (Wildman–Crippen MR) is 82.9 cm³/mol. The number of sulfone groups is 1. The van der Waals surface area contributed by atoms with Crippen molar-refractivity contribution in [2.24, 2.45) is 11.7 Å². The molecule has 0 aromatic heterocycles. The van der Waals surface area contributed by atoms with Gasteiger partial charge >= 0.3 is 0 Å². The van der Waals surface area contributed by atoms with E-state index < -0.39 is 15.9 Å². The van der Waals surface area contributed by atoms with Gasteiger partial charge in [0.25, 0.3) is 0 Å². The molecule has 1 rings (SSSR count). The van der Waals surface area contributed by atoms with Crippen LogP contribution in [0.25, 0.3) is 0 Å². The molecule has 3 N–H and O–H groups in total. The molecule has 1 aromatic carbocycles. The molecule has 20 heavy (non-hydrogen) atoms. The number of benzene rings is 1. The molecule has 5 nitrogen and oxygen atoms in total. The van der Waals surface area contributed by atoms with Gasteiger partial charge in [0.05, 0.1) is 10.9 Å². The molecule has 0 aliphatic carbocycles. The lowest BCUT2D eigenvalue weighted by atomic mass is 10.0. The van der Waals surface area contributed by atoms with Crippen LogP contribution in [0.2, 0.25) is 0 Å². The summed E-state index contributed by atoms with van der Waals surface area (Å²) in [4.78, 5) is 12.0. The topological polar surface area (TPSA) is 89.3 Å². The molecular weight excluding hydrogens is 300 g/mol. The van der Waals surface area contributed by atoms with Crippen molar-refractivity contribution in [2.75, 3.05) is 11.6 Å². The summed E-state index contributed by atoms with van der Waals surface area (Å²) in [7, 11) is -3.28. The molecule has 0 saturated carbocycles. The van der Waals surface area contributed by atoms with Gasteiger partial charge < -0.3 is 11.1 Å². The Kier molecular flexibility index (Phi) is 7.19. The van der Waals surface area contributed by atoms with E-state index in [1.165, 1.54) is 12.1 Å². The van der Waals surface area contributed by atoms with Gasteiger partial charge in [-0.3, -0.25) is 4.79 Å². The molecule has 1 amide bonds. The predicted octanol–water partition coefficient (Wildman–Crippen LogP) is 1.82. The number of carbonyl (C=O) groups is 1. The maximum Gasteiger partial charge on any atom is 0.241 e. The highest BCUT2D eigenvalue weighted by atomic mass is 35.5. The molecule has 1 aromatic rings. The minimum Gasteiger partial charge on any atom is -0.325 e. The Morgan fingerprint density at radius 2 is 1.95 bits per heavy atom. The highest BCUT2D eigenvalue weighted by Crippen LogP contribution is 2.16. The molecule has 0 spiro atoms. The molecule has 0 heterocycles. The van der Waals surface area contributed by atoms with Crippen LogP contribution in [-0.4, -0.2) is 26.6 Å². The Bertz CT molecular complexity index is 558. The molecule has 0 saturated heterocycles. The zero-order chi connectivity index (χ0) is 14.6. The van der Waals surface area contributed by atoms with Gasteiger partial charge in [-0.1, -0.05) is 19.9 Å². The second kappa shape index (κ2) is 7.61. The Morgan fingerprint density at radius 3 is 2.45 bits per heavy atom. The average molecular weight is 321 g/mol. The maximum absolute atomic E-state index is 11.8. The lowest BCUT2D eigenvalue weighted by Crippen LogP contribution is -2.36. The van der Waals surface area contributed by atoms with Crippen molar-refractivity contribution in [2.45, 2.75) is 31.2 Å². The van der Waals surface area contributed by atoms with Crippen LogP contribution in [0.4, 0.5) is 5.69 Å². The van der Waals surface area contributed by atoms with Crippen LogP contribution in [-0.2, 0) is 14.6 Å². The number of hydrogen-bond donors (Lipinski definition) is 2. The minimum atomic E-state index is -3.28. The number of nitrogens with one attached hydrogen (secondary N) is 1. The highest BCUT2D eigenvalue weighted by Gasteiger charge is 2.15. The van der Waals surface area contributed by atoms with Crippen molar-refractivity contribution in [3.05, 3.63) is 24.3 Å². The third-order valence-electron chi connectivity index (χ3n) is 2.59. The van der Waals surface area contributed by atoms with Crippen LogP contribution in [0, 0.1) is 5.92 Å². The average Bonchev–Trinajstić information content (AvgIpc) is 2.27. The van der Waals surface area contributed by atoms with Crippen molar-refractivity contribution in [1.82, 2.24) is 0 Å². The van der Waals surface area contributed by atoms with Crippen molar-refractivity contribution in [1.29, 1.82) is 0 Å². The number of hydrogen-bond acceptors (Lipinski definition) is 4. The second-order valence-electron chi connectivity index (χ2n) is 5.03. The standard InChI is InChI=1S/C13H20N2O3S.ClH/c1-9(2)7-12(14)13(16)15-10-5-4-6-11(8-10)19(3,17)18;/h4-6,8-9,12H,7,14H2,1-3H3,(H,15,16);1H/t12-;/m0./s1. The first-order valence-electron chi connectivity index (χ1n) is 6.06. The number of nitrogens with two attached hydrogens (primary N) is 1. The van der Waals surface area contributed by atoms with Crippen LogP contribution in [0.15, 0.2) is 29.2 Å². The lowest BCUT2D eigenvalue weighted by Gasteiger charge is -2.14. The summed E-state index contributed by atoms with van der Waals surface area (Å²) in [5.74, 6) is 0.0162. The van der Waals surface area contributed by atoms with Crippen molar-refractivity contribution in [3.63, 3.8) is 0 Å². The van der Waals surface area contributed by atoms with E-state index in [1.54, 1.807) is 12.1 Å². The Hall–Kier alpha value is -1.11. The summed E-state index contributed by atoms with van der Waals surface area (Å²) in [5.41, 5.74) is 6.20. The fourth-order valence-electron chi connectivity index (χ4n) is 1.65. The smallest absolute Gasteiger partial charge is 0.241 e. The third-order valence-corrected chi connectivity index (χ3v) is 3.70. The normalized spacial score (nSPS) is 12.7. The van der Waals surface area contributed by atoms with E-state index in [4.69, 9.17) is 5.73 Å². The lowest BCUT2D eigenvalue weighted by molar-refractivity contribution is -0.117. The van der Waals surface area contributed by atoms with Crippen LogP contribution in [0.3, 0.4) is 0 Å². The summed E-state index contributed by atoms with van der Waals surface area (Å²) >= 11 is 0. The van der Waals surface area contributed by atoms with Crippen LogP contribution in [0.1, 0.15) is 20.3 Å². The molecule has 0 unspecified atom stereocenters. The van der Waals surface area contributed by atoms with Crippen molar-refractivity contribution in [3.8, 4) is 0 Å². The van der Waals surface area contributed by atoms with Gasteiger partial charge in [0.15, 0.2) is 9.84 Å². The number of anilines is 1. The van der Waals surface area contributed by atoms with E-state index in [0.29, 0.717) is 18.0 Å². The molecule has 0 fully saturated rings. The number of carbonyl (C=O) groups excluding carboxylic acids is 1. The maximum atomic E-state index is 11.8. The molecule has 0 bridgehead atoms. The van der Waals surface area contributed by atoms with E-state index in [0.717, 1.165) is 6.26 Å². The fourth-order valence-corrected chi connectivity index (χ4v) is 2.32. The molecule has 114 valence electrons.